The summed E-state index contributed by atoms with van der Waals surface area (Å²) in [7, 11) is -3.54. The highest BCUT2D eigenvalue weighted by Gasteiger charge is 2.20. The van der Waals surface area contributed by atoms with Crippen molar-refractivity contribution in [1.29, 1.82) is 0 Å². The second-order valence-corrected chi connectivity index (χ2v) is 6.65. The van der Waals surface area contributed by atoms with Crippen LogP contribution >= 0.6 is 0 Å². The van der Waals surface area contributed by atoms with Crippen molar-refractivity contribution in [2.75, 3.05) is 6.61 Å². The summed E-state index contributed by atoms with van der Waals surface area (Å²) in [5, 5.41) is 1.49. The number of hydrogen-bond donors (Lipinski definition) is 1. The minimum Gasteiger partial charge on any atom is -0.493 e. The zero-order valence-electron chi connectivity index (χ0n) is 12.6. The molecule has 2 aromatic rings. The fourth-order valence-electron chi connectivity index (χ4n) is 2.17. The van der Waals surface area contributed by atoms with E-state index in [1.165, 1.54) is 0 Å². The molecule has 5 heteroatoms. The molecule has 0 saturated heterocycles. The van der Waals surface area contributed by atoms with Crippen LogP contribution in [0.25, 0.3) is 10.8 Å². The molecule has 0 radical (unpaired) electrons. The van der Waals surface area contributed by atoms with Crippen molar-refractivity contribution < 1.29 is 13.2 Å². The summed E-state index contributed by atoms with van der Waals surface area (Å²) in [6, 6.07) is 10.6. The first-order valence-corrected chi connectivity index (χ1v) is 8.64. The van der Waals surface area contributed by atoms with E-state index in [0.717, 1.165) is 11.8 Å². The maximum absolute atomic E-state index is 12.5. The normalized spacial score (nSPS) is 13.3. The molecule has 0 heterocycles. The van der Waals surface area contributed by atoms with E-state index in [1.807, 2.05) is 45.0 Å². The van der Waals surface area contributed by atoms with Gasteiger partial charge in [0, 0.05) is 16.8 Å². The molecule has 0 bridgehead atoms. The van der Waals surface area contributed by atoms with Crippen LogP contribution in [-0.4, -0.2) is 21.1 Å². The van der Waals surface area contributed by atoms with Crippen molar-refractivity contribution in [2.45, 2.75) is 38.1 Å². The van der Waals surface area contributed by atoms with Crippen molar-refractivity contribution in [3.8, 4) is 5.75 Å². The van der Waals surface area contributed by atoms with E-state index in [1.54, 1.807) is 12.1 Å². The molecule has 1 atom stereocenters. The fraction of sp³-hybridized carbons (Fsp3) is 0.375. The minimum absolute atomic E-state index is 0.0969. The third-order valence-electron chi connectivity index (χ3n) is 3.40. The Kier molecular flexibility index (Phi) is 4.85. The Bertz CT molecular complexity index is 725. The predicted molar refractivity (Wildman–Crippen MR) is 85.2 cm³/mol. The zero-order chi connectivity index (χ0) is 15.5. The van der Waals surface area contributed by atoms with Gasteiger partial charge in [-0.15, -0.1) is 0 Å². The summed E-state index contributed by atoms with van der Waals surface area (Å²) in [5.74, 6) is 0.704. The monoisotopic (exact) mass is 307 g/mol. The van der Waals surface area contributed by atoms with Gasteiger partial charge < -0.3 is 4.74 Å². The third-order valence-corrected chi connectivity index (χ3v) is 5.05. The summed E-state index contributed by atoms with van der Waals surface area (Å²) < 4.78 is 33.3. The van der Waals surface area contributed by atoms with Crippen LogP contribution in [0.2, 0.25) is 0 Å². The van der Waals surface area contributed by atoms with Crippen LogP contribution in [0.4, 0.5) is 0 Å². The average Bonchev–Trinajstić information content (AvgIpc) is 2.47. The van der Waals surface area contributed by atoms with E-state index in [4.69, 9.17) is 4.74 Å². The smallest absolute Gasteiger partial charge is 0.241 e. The molecule has 1 N–H and O–H groups in total. The number of rotatable bonds is 6. The van der Waals surface area contributed by atoms with Gasteiger partial charge in [-0.05, 0) is 32.4 Å². The summed E-state index contributed by atoms with van der Waals surface area (Å²) in [5.41, 5.74) is 0. The topological polar surface area (TPSA) is 55.4 Å². The van der Waals surface area contributed by atoms with Gasteiger partial charge in [-0.25, -0.2) is 13.1 Å². The largest absolute Gasteiger partial charge is 0.493 e. The van der Waals surface area contributed by atoms with Crippen LogP contribution in [0.15, 0.2) is 41.3 Å². The Morgan fingerprint density at radius 1 is 1.10 bits per heavy atom. The molecule has 0 aliphatic heterocycles. The summed E-state index contributed by atoms with van der Waals surface area (Å²) in [6.45, 7) is 6.25. The summed E-state index contributed by atoms with van der Waals surface area (Å²) in [6.07, 6.45) is 0.744. The first kappa shape index (κ1) is 15.8. The summed E-state index contributed by atoms with van der Waals surface area (Å²) in [4.78, 5) is 0.293. The van der Waals surface area contributed by atoms with Crippen LogP contribution in [-0.2, 0) is 10.0 Å². The molecule has 114 valence electrons. The lowest BCUT2D eigenvalue weighted by atomic mass is 10.1. The van der Waals surface area contributed by atoms with Crippen molar-refractivity contribution in [3.63, 3.8) is 0 Å². The van der Waals surface area contributed by atoms with Gasteiger partial charge >= 0.3 is 0 Å². The van der Waals surface area contributed by atoms with Crippen LogP contribution < -0.4 is 9.46 Å². The number of fused-ring (bicyclic) bond motifs is 1. The molecule has 0 saturated carbocycles. The van der Waals surface area contributed by atoms with Gasteiger partial charge in [0.05, 0.1) is 11.5 Å². The van der Waals surface area contributed by atoms with E-state index < -0.39 is 10.0 Å². The lowest BCUT2D eigenvalue weighted by Gasteiger charge is -2.15. The van der Waals surface area contributed by atoms with Gasteiger partial charge in [0.25, 0.3) is 0 Å². The van der Waals surface area contributed by atoms with E-state index in [0.29, 0.717) is 22.6 Å². The molecule has 0 unspecified atom stereocenters. The first-order chi connectivity index (χ1) is 9.99. The number of sulfonamides is 1. The summed E-state index contributed by atoms with van der Waals surface area (Å²) >= 11 is 0. The van der Waals surface area contributed by atoms with Crippen molar-refractivity contribution in [2.24, 2.45) is 0 Å². The fourth-order valence-corrected chi connectivity index (χ4v) is 3.71. The Morgan fingerprint density at radius 3 is 2.38 bits per heavy atom. The highest BCUT2D eigenvalue weighted by atomic mass is 32.2. The Labute approximate surface area is 126 Å². The van der Waals surface area contributed by atoms with Gasteiger partial charge in [-0.2, -0.15) is 0 Å². The van der Waals surface area contributed by atoms with Gasteiger partial charge in [-0.1, -0.05) is 31.2 Å². The molecule has 0 aromatic heterocycles. The highest BCUT2D eigenvalue weighted by molar-refractivity contribution is 7.89. The van der Waals surface area contributed by atoms with Crippen LogP contribution in [0, 0.1) is 0 Å². The van der Waals surface area contributed by atoms with E-state index in [9.17, 15) is 8.42 Å². The van der Waals surface area contributed by atoms with Gasteiger partial charge in [0.2, 0.25) is 10.0 Å². The van der Waals surface area contributed by atoms with Gasteiger partial charge in [0.1, 0.15) is 5.75 Å². The SMILES string of the molecule is CCOc1ccc(S(=O)(=O)N[C@H](C)CC)c2ccccc12. The van der Waals surface area contributed by atoms with E-state index in [-0.39, 0.29) is 6.04 Å². The van der Waals surface area contributed by atoms with Gasteiger partial charge in [-0.3, -0.25) is 0 Å². The zero-order valence-corrected chi connectivity index (χ0v) is 13.4. The molecule has 21 heavy (non-hydrogen) atoms. The number of hydrogen-bond acceptors (Lipinski definition) is 3. The third kappa shape index (κ3) is 3.36. The van der Waals surface area contributed by atoms with Crippen molar-refractivity contribution >= 4 is 20.8 Å². The molecule has 4 nitrogen and oxygen atoms in total. The lowest BCUT2D eigenvalue weighted by Crippen LogP contribution is -2.32. The lowest BCUT2D eigenvalue weighted by molar-refractivity contribution is 0.344. The molecular formula is C16H21NO3S. The molecule has 2 aromatic carbocycles. The highest BCUT2D eigenvalue weighted by Crippen LogP contribution is 2.31. The van der Waals surface area contributed by atoms with Crippen molar-refractivity contribution in [1.82, 2.24) is 4.72 Å². The second kappa shape index (κ2) is 6.45. The average molecular weight is 307 g/mol. The molecular weight excluding hydrogens is 286 g/mol. The maximum atomic E-state index is 12.5. The molecule has 0 aliphatic rings. The maximum Gasteiger partial charge on any atom is 0.241 e. The van der Waals surface area contributed by atoms with Crippen LogP contribution in [0.3, 0.4) is 0 Å². The second-order valence-electron chi connectivity index (χ2n) is 4.97. The van der Waals surface area contributed by atoms with Crippen LogP contribution in [0.5, 0.6) is 5.75 Å². The van der Waals surface area contributed by atoms with E-state index in [2.05, 4.69) is 4.72 Å². The molecule has 2 rings (SSSR count). The molecule has 0 fully saturated rings. The molecule has 0 spiro atoms. The van der Waals surface area contributed by atoms with Crippen molar-refractivity contribution in [3.05, 3.63) is 36.4 Å². The first-order valence-electron chi connectivity index (χ1n) is 7.16. The number of ether oxygens (including phenoxy) is 1. The molecule has 0 amide bonds. The van der Waals surface area contributed by atoms with Crippen LogP contribution in [0.1, 0.15) is 27.2 Å². The predicted octanol–water partition coefficient (Wildman–Crippen LogP) is 3.32. The number of benzene rings is 2. The van der Waals surface area contributed by atoms with Gasteiger partial charge in [0.15, 0.2) is 0 Å². The number of nitrogens with one attached hydrogen (secondary N) is 1. The standard InChI is InChI=1S/C16H21NO3S/c1-4-12(3)17-21(18,19)16-11-10-15(20-5-2)13-8-6-7-9-14(13)16/h6-12,17H,4-5H2,1-3H3/t12-/m1/s1. The quantitative estimate of drug-likeness (QED) is 0.890. The minimum atomic E-state index is -3.54. The Hall–Kier alpha value is -1.59. The Morgan fingerprint density at radius 2 is 1.76 bits per heavy atom. The Balaban J connectivity index is 2.58. The molecule has 0 aliphatic carbocycles. The van der Waals surface area contributed by atoms with E-state index >= 15 is 0 Å².